The Morgan fingerprint density at radius 1 is 1.00 bits per heavy atom. The second kappa shape index (κ2) is 9.62. The van der Waals surface area contributed by atoms with E-state index in [0.717, 1.165) is 11.6 Å². The van der Waals surface area contributed by atoms with Gasteiger partial charge >= 0.3 is 6.18 Å². The second-order valence-electron chi connectivity index (χ2n) is 7.78. The summed E-state index contributed by atoms with van der Waals surface area (Å²) in [5, 5.41) is 2.45. The molecule has 0 spiro atoms. The van der Waals surface area contributed by atoms with Gasteiger partial charge in [0.15, 0.2) is 33.8 Å². The second-order valence-corrected chi connectivity index (χ2v) is 8.14. The SMILES string of the molecule is COc1ccc(Cn2cnc3c(Nc4ccnc(Cl)c4F)nc(-c4cccc(C(F)(F)F)n4)nc32)cc1. The lowest BCUT2D eigenvalue weighted by molar-refractivity contribution is -0.141. The lowest BCUT2D eigenvalue weighted by Crippen LogP contribution is -2.09. The number of imidazole rings is 1. The minimum absolute atomic E-state index is 0.0485. The number of nitrogens with one attached hydrogen (secondary N) is 1. The van der Waals surface area contributed by atoms with Crippen LogP contribution in [0.2, 0.25) is 5.15 Å². The highest BCUT2D eigenvalue weighted by atomic mass is 35.5. The molecule has 37 heavy (non-hydrogen) atoms. The molecule has 4 heterocycles. The number of hydrogen-bond donors (Lipinski definition) is 1. The van der Waals surface area contributed by atoms with E-state index in [9.17, 15) is 17.6 Å². The highest BCUT2D eigenvalue weighted by Gasteiger charge is 2.33. The van der Waals surface area contributed by atoms with E-state index >= 15 is 0 Å². The minimum atomic E-state index is -4.66. The largest absolute Gasteiger partial charge is 0.497 e. The van der Waals surface area contributed by atoms with Crippen LogP contribution in [0.25, 0.3) is 22.7 Å². The van der Waals surface area contributed by atoms with Crippen molar-refractivity contribution in [3.05, 3.63) is 83.3 Å². The molecule has 0 amide bonds. The van der Waals surface area contributed by atoms with E-state index in [2.05, 4.69) is 30.2 Å². The summed E-state index contributed by atoms with van der Waals surface area (Å²) in [5.41, 5.74) is 0.179. The van der Waals surface area contributed by atoms with Gasteiger partial charge in [-0.05, 0) is 35.9 Å². The van der Waals surface area contributed by atoms with Crippen LogP contribution >= 0.6 is 11.6 Å². The molecular formula is C24H16ClF4N7O. The maximum atomic E-state index is 14.6. The van der Waals surface area contributed by atoms with Gasteiger partial charge in [-0.2, -0.15) is 13.2 Å². The first-order valence-electron chi connectivity index (χ1n) is 10.7. The number of rotatable bonds is 6. The van der Waals surface area contributed by atoms with Crippen LogP contribution in [0.1, 0.15) is 11.3 Å². The van der Waals surface area contributed by atoms with Crippen molar-refractivity contribution in [2.24, 2.45) is 0 Å². The van der Waals surface area contributed by atoms with Crippen LogP contribution in [0.3, 0.4) is 0 Å². The molecule has 5 rings (SSSR count). The van der Waals surface area contributed by atoms with Crippen molar-refractivity contribution >= 4 is 34.3 Å². The molecule has 1 N–H and O–H groups in total. The van der Waals surface area contributed by atoms with Gasteiger partial charge in [-0.15, -0.1) is 0 Å². The molecule has 0 bridgehead atoms. The van der Waals surface area contributed by atoms with Crippen LogP contribution in [-0.4, -0.2) is 36.6 Å². The molecule has 0 saturated heterocycles. The summed E-state index contributed by atoms with van der Waals surface area (Å²) in [5.74, 6) is -0.205. The Balaban J connectivity index is 1.64. The Hall–Kier alpha value is -4.32. The van der Waals surface area contributed by atoms with Gasteiger partial charge < -0.3 is 14.6 Å². The lowest BCUT2D eigenvalue weighted by atomic mass is 10.2. The van der Waals surface area contributed by atoms with Gasteiger partial charge in [0.2, 0.25) is 0 Å². The Kier molecular flexibility index (Phi) is 6.34. The summed E-state index contributed by atoms with van der Waals surface area (Å²) < 4.78 is 61.3. The van der Waals surface area contributed by atoms with E-state index in [1.54, 1.807) is 23.8 Å². The van der Waals surface area contributed by atoms with E-state index in [1.807, 2.05) is 12.1 Å². The van der Waals surface area contributed by atoms with Crippen molar-refractivity contribution in [3.8, 4) is 17.3 Å². The molecule has 0 aliphatic rings. The molecule has 0 aliphatic carbocycles. The van der Waals surface area contributed by atoms with E-state index in [1.165, 1.54) is 30.7 Å². The topological polar surface area (TPSA) is 90.6 Å². The molecule has 0 radical (unpaired) electrons. The van der Waals surface area contributed by atoms with Crippen LogP contribution in [0.4, 0.5) is 29.1 Å². The number of methoxy groups -OCH3 is 1. The quantitative estimate of drug-likeness (QED) is 0.216. The monoisotopic (exact) mass is 529 g/mol. The molecule has 0 unspecified atom stereocenters. The predicted molar refractivity (Wildman–Crippen MR) is 128 cm³/mol. The first-order chi connectivity index (χ1) is 17.7. The lowest BCUT2D eigenvalue weighted by Gasteiger charge is -2.12. The van der Waals surface area contributed by atoms with Gasteiger partial charge in [-0.3, -0.25) is 0 Å². The summed E-state index contributed by atoms with van der Waals surface area (Å²) in [6.45, 7) is 0.335. The van der Waals surface area contributed by atoms with Crippen molar-refractivity contribution in [2.45, 2.75) is 12.7 Å². The number of pyridine rings is 2. The third-order valence-corrected chi connectivity index (χ3v) is 5.61. The molecule has 8 nitrogen and oxygen atoms in total. The molecule has 0 atom stereocenters. The normalized spacial score (nSPS) is 11.6. The number of hydrogen-bond acceptors (Lipinski definition) is 7. The highest BCUT2D eigenvalue weighted by Crippen LogP contribution is 2.31. The van der Waals surface area contributed by atoms with Crippen LogP contribution < -0.4 is 10.1 Å². The molecule has 1 aromatic carbocycles. The Morgan fingerprint density at radius 3 is 2.51 bits per heavy atom. The number of anilines is 2. The van der Waals surface area contributed by atoms with Gasteiger partial charge in [0.25, 0.3) is 0 Å². The maximum Gasteiger partial charge on any atom is 0.433 e. The molecule has 188 valence electrons. The van der Waals surface area contributed by atoms with Crippen molar-refractivity contribution in [1.82, 2.24) is 29.5 Å². The van der Waals surface area contributed by atoms with Crippen LogP contribution in [0.15, 0.2) is 61.1 Å². The van der Waals surface area contributed by atoms with Gasteiger partial charge in [-0.1, -0.05) is 29.8 Å². The maximum absolute atomic E-state index is 14.6. The molecular weight excluding hydrogens is 514 g/mol. The summed E-state index contributed by atoms with van der Waals surface area (Å²) in [7, 11) is 1.56. The number of alkyl halides is 3. The van der Waals surface area contributed by atoms with Crippen LogP contribution in [-0.2, 0) is 12.7 Å². The molecule has 0 fully saturated rings. The first kappa shape index (κ1) is 24.4. The molecule has 4 aromatic heterocycles. The zero-order valence-electron chi connectivity index (χ0n) is 19.0. The zero-order chi connectivity index (χ0) is 26.2. The fourth-order valence-corrected chi connectivity index (χ4v) is 3.71. The summed E-state index contributed by atoms with van der Waals surface area (Å²) in [4.78, 5) is 20.5. The number of fused-ring (bicyclic) bond motifs is 1. The summed E-state index contributed by atoms with van der Waals surface area (Å²) >= 11 is 5.80. The smallest absolute Gasteiger partial charge is 0.433 e. The Labute approximate surface area is 212 Å². The Morgan fingerprint density at radius 2 is 1.78 bits per heavy atom. The molecule has 0 saturated carbocycles. The fraction of sp³-hybridized carbons (Fsp3) is 0.125. The number of benzene rings is 1. The predicted octanol–water partition coefficient (Wildman–Crippen LogP) is 5.90. The third kappa shape index (κ3) is 5.00. The number of aromatic nitrogens is 6. The molecule has 13 heteroatoms. The standard InChI is InChI=1S/C24H16ClF4N7O/c1-37-14-7-5-13(6-8-14)11-36-12-31-19-22(33-15-9-10-30-20(25)18(15)26)34-21(35-23(19)36)16-3-2-4-17(32-16)24(27,28)29/h2-10,12H,11H2,1H3,(H,30,33,34,35). The minimum Gasteiger partial charge on any atom is -0.497 e. The average molecular weight is 530 g/mol. The van der Waals surface area contributed by atoms with Gasteiger partial charge in [0, 0.05) is 6.20 Å². The van der Waals surface area contributed by atoms with Gasteiger partial charge in [-0.25, -0.2) is 29.3 Å². The van der Waals surface area contributed by atoms with Crippen molar-refractivity contribution < 1.29 is 22.3 Å². The van der Waals surface area contributed by atoms with Crippen molar-refractivity contribution in [1.29, 1.82) is 0 Å². The van der Waals surface area contributed by atoms with Crippen molar-refractivity contribution in [2.75, 3.05) is 12.4 Å². The third-order valence-electron chi connectivity index (χ3n) is 5.34. The number of halogens is 5. The first-order valence-corrected chi connectivity index (χ1v) is 11.1. The van der Waals surface area contributed by atoms with Crippen LogP contribution in [0.5, 0.6) is 5.75 Å². The average Bonchev–Trinajstić information content (AvgIpc) is 3.29. The van der Waals surface area contributed by atoms with E-state index in [4.69, 9.17) is 16.3 Å². The van der Waals surface area contributed by atoms with E-state index in [0.29, 0.717) is 17.9 Å². The summed E-state index contributed by atoms with van der Waals surface area (Å²) in [6.07, 6.45) is -1.86. The highest BCUT2D eigenvalue weighted by molar-refractivity contribution is 6.29. The molecule has 5 aromatic rings. The zero-order valence-corrected chi connectivity index (χ0v) is 19.7. The van der Waals surface area contributed by atoms with E-state index < -0.39 is 17.7 Å². The van der Waals surface area contributed by atoms with Gasteiger partial charge in [0.05, 0.1) is 25.7 Å². The summed E-state index contributed by atoms with van der Waals surface area (Å²) in [6, 6.07) is 12.1. The van der Waals surface area contributed by atoms with Crippen LogP contribution in [0, 0.1) is 5.82 Å². The number of nitrogens with zero attached hydrogens (tertiary/aromatic N) is 6. The van der Waals surface area contributed by atoms with Crippen molar-refractivity contribution in [3.63, 3.8) is 0 Å². The van der Waals surface area contributed by atoms with Gasteiger partial charge in [0.1, 0.15) is 17.1 Å². The van der Waals surface area contributed by atoms with E-state index in [-0.39, 0.29) is 33.7 Å². The Bertz CT molecular complexity index is 1590. The molecule has 0 aliphatic heterocycles. The fourth-order valence-electron chi connectivity index (χ4n) is 3.55. The number of ether oxygens (including phenoxy) is 1.